The van der Waals surface area contributed by atoms with Crippen molar-refractivity contribution in [3.05, 3.63) is 23.8 Å². The molecule has 28 heavy (non-hydrogen) atoms. The molecule has 1 saturated heterocycles. The van der Waals surface area contributed by atoms with Gasteiger partial charge in [0.25, 0.3) is 0 Å². The van der Waals surface area contributed by atoms with Crippen LogP contribution < -0.4 is 20.5 Å². The van der Waals surface area contributed by atoms with Crippen LogP contribution in [0.4, 0.5) is 0 Å². The summed E-state index contributed by atoms with van der Waals surface area (Å²) in [6.07, 6.45) is 5.71. The Morgan fingerprint density at radius 1 is 1.18 bits per heavy atom. The quantitative estimate of drug-likeness (QED) is 0.797. The van der Waals surface area contributed by atoms with Crippen molar-refractivity contribution in [2.45, 2.75) is 56.4 Å². The summed E-state index contributed by atoms with van der Waals surface area (Å²) in [6.45, 7) is 4.27. The Kier molecular flexibility index (Phi) is 6.42. The number of nitrogens with one attached hydrogen (secondary N) is 1. The summed E-state index contributed by atoms with van der Waals surface area (Å²) in [4.78, 5) is 13.0. The molecule has 2 atom stereocenters. The van der Waals surface area contributed by atoms with Gasteiger partial charge in [-0.2, -0.15) is 0 Å². The second-order valence-corrected chi connectivity index (χ2v) is 8.48. The predicted octanol–water partition coefficient (Wildman–Crippen LogP) is 2.91. The lowest BCUT2D eigenvalue weighted by molar-refractivity contribution is -0.128. The van der Waals surface area contributed by atoms with E-state index in [2.05, 4.69) is 17.4 Å². The van der Waals surface area contributed by atoms with E-state index in [9.17, 15) is 4.79 Å². The lowest BCUT2D eigenvalue weighted by atomic mass is 9.72. The van der Waals surface area contributed by atoms with Crippen molar-refractivity contribution >= 4 is 18.3 Å². The van der Waals surface area contributed by atoms with Gasteiger partial charge in [-0.05, 0) is 50.3 Å². The molecular formula is C21H31ClN2O4. The van der Waals surface area contributed by atoms with Gasteiger partial charge in [0.1, 0.15) is 0 Å². The van der Waals surface area contributed by atoms with Crippen LogP contribution in [0.1, 0.15) is 51.0 Å². The van der Waals surface area contributed by atoms with Gasteiger partial charge in [-0.3, -0.25) is 4.79 Å². The number of hydrogen-bond acceptors (Lipinski definition) is 5. The monoisotopic (exact) mass is 410 g/mol. The van der Waals surface area contributed by atoms with E-state index in [0.29, 0.717) is 19.8 Å². The summed E-state index contributed by atoms with van der Waals surface area (Å²) in [5, 5.41) is 3.24. The Hall–Kier alpha value is -1.50. The van der Waals surface area contributed by atoms with Gasteiger partial charge in [0, 0.05) is 30.7 Å². The first-order chi connectivity index (χ1) is 13.0. The average Bonchev–Trinajstić information content (AvgIpc) is 3.14. The normalized spacial score (nSPS) is 28.3. The fourth-order valence-electron chi connectivity index (χ4n) is 4.72. The zero-order chi connectivity index (χ0) is 18.9. The number of hydrogen-bond donors (Lipinski definition) is 2. The Labute approximate surface area is 172 Å². The summed E-state index contributed by atoms with van der Waals surface area (Å²) in [7, 11) is 0. The predicted molar refractivity (Wildman–Crippen MR) is 109 cm³/mol. The number of carbonyl (C=O) groups is 1. The van der Waals surface area contributed by atoms with Gasteiger partial charge >= 0.3 is 0 Å². The minimum atomic E-state index is -0.413. The highest BCUT2D eigenvalue weighted by Crippen LogP contribution is 2.41. The summed E-state index contributed by atoms with van der Waals surface area (Å²) in [5.41, 5.74) is 7.04. The highest BCUT2D eigenvalue weighted by atomic mass is 35.5. The smallest absolute Gasteiger partial charge is 0.231 e. The maximum Gasteiger partial charge on any atom is 0.231 e. The van der Waals surface area contributed by atoms with Gasteiger partial charge in [0.15, 0.2) is 11.5 Å². The SMILES string of the molecule is CC1(N)CCCCC1C(=O)NCC1(c2ccc3c(c2)OCO3)CCOCC1.Cl. The fraction of sp³-hybridized carbons (Fsp3) is 0.667. The van der Waals surface area contributed by atoms with E-state index in [1.165, 1.54) is 5.56 Å². The third kappa shape index (κ3) is 4.09. The van der Waals surface area contributed by atoms with Gasteiger partial charge in [-0.1, -0.05) is 18.9 Å². The number of benzene rings is 1. The van der Waals surface area contributed by atoms with Crippen LogP contribution in [-0.4, -0.2) is 38.0 Å². The van der Waals surface area contributed by atoms with Gasteiger partial charge in [-0.15, -0.1) is 12.4 Å². The molecule has 156 valence electrons. The molecule has 1 aliphatic carbocycles. The highest BCUT2D eigenvalue weighted by Gasteiger charge is 2.40. The van der Waals surface area contributed by atoms with Crippen molar-refractivity contribution in [2.75, 3.05) is 26.6 Å². The molecule has 3 aliphatic rings. The Morgan fingerprint density at radius 2 is 1.93 bits per heavy atom. The minimum absolute atomic E-state index is 0. The van der Waals surface area contributed by atoms with Crippen LogP contribution in [0.5, 0.6) is 11.5 Å². The minimum Gasteiger partial charge on any atom is -0.454 e. The van der Waals surface area contributed by atoms with Gasteiger partial charge in [0.05, 0.1) is 5.92 Å². The average molecular weight is 411 g/mol. The number of halogens is 1. The third-order valence-corrected chi connectivity index (χ3v) is 6.61. The number of nitrogens with two attached hydrogens (primary N) is 1. The molecule has 2 aliphatic heterocycles. The number of fused-ring (bicyclic) bond motifs is 1. The number of carbonyl (C=O) groups excluding carboxylic acids is 1. The maximum absolute atomic E-state index is 13.0. The maximum atomic E-state index is 13.0. The molecule has 0 radical (unpaired) electrons. The first-order valence-electron chi connectivity index (χ1n) is 10.0. The summed E-state index contributed by atoms with van der Waals surface area (Å²) < 4.78 is 16.6. The number of rotatable bonds is 4. The zero-order valence-corrected chi connectivity index (χ0v) is 17.3. The van der Waals surface area contributed by atoms with E-state index in [-0.39, 0.29) is 36.4 Å². The van der Waals surface area contributed by atoms with E-state index < -0.39 is 5.54 Å². The van der Waals surface area contributed by atoms with Crippen LogP contribution in [0.2, 0.25) is 0 Å². The number of amides is 1. The molecule has 2 unspecified atom stereocenters. The molecule has 7 heteroatoms. The van der Waals surface area contributed by atoms with Crippen molar-refractivity contribution in [3.8, 4) is 11.5 Å². The van der Waals surface area contributed by atoms with Crippen LogP contribution in [0.25, 0.3) is 0 Å². The Bertz CT molecular complexity index is 704. The van der Waals surface area contributed by atoms with Crippen molar-refractivity contribution in [3.63, 3.8) is 0 Å². The Balaban J connectivity index is 0.00000225. The molecule has 0 spiro atoms. The van der Waals surface area contributed by atoms with Gasteiger partial charge < -0.3 is 25.3 Å². The topological polar surface area (TPSA) is 82.8 Å². The molecular weight excluding hydrogens is 380 g/mol. The van der Waals surface area contributed by atoms with Crippen molar-refractivity contribution in [2.24, 2.45) is 11.7 Å². The van der Waals surface area contributed by atoms with Crippen molar-refractivity contribution in [1.29, 1.82) is 0 Å². The zero-order valence-electron chi connectivity index (χ0n) is 16.5. The molecule has 3 N–H and O–H groups in total. The van der Waals surface area contributed by atoms with Crippen LogP contribution >= 0.6 is 12.4 Å². The molecule has 1 amide bonds. The second kappa shape index (κ2) is 8.47. The fourth-order valence-corrected chi connectivity index (χ4v) is 4.72. The molecule has 1 aromatic rings. The van der Waals surface area contributed by atoms with E-state index >= 15 is 0 Å². The molecule has 2 heterocycles. The van der Waals surface area contributed by atoms with Crippen molar-refractivity contribution < 1.29 is 19.0 Å². The van der Waals surface area contributed by atoms with E-state index in [1.54, 1.807) is 0 Å². The lowest BCUT2D eigenvalue weighted by Crippen LogP contribution is -2.54. The highest BCUT2D eigenvalue weighted by molar-refractivity contribution is 5.85. The van der Waals surface area contributed by atoms with Crippen molar-refractivity contribution in [1.82, 2.24) is 5.32 Å². The van der Waals surface area contributed by atoms with Crippen LogP contribution in [0, 0.1) is 5.92 Å². The summed E-state index contributed by atoms with van der Waals surface area (Å²) in [6, 6.07) is 6.13. The van der Waals surface area contributed by atoms with Crippen LogP contribution in [-0.2, 0) is 14.9 Å². The largest absolute Gasteiger partial charge is 0.454 e. The van der Waals surface area contributed by atoms with Crippen LogP contribution in [0.15, 0.2) is 18.2 Å². The molecule has 4 rings (SSSR count). The molecule has 0 aromatic heterocycles. The summed E-state index contributed by atoms with van der Waals surface area (Å²) in [5.74, 6) is 1.55. The van der Waals surface area contributed by atoms with Gasteiger partial charge in [-0.25, -0.2) is 0 Å². The third-order valence-electron chi connectivity index (χ3n) is 6.61. The summed E-state index contributed by atoms with van der Waals surface area (Å²) >= 11 is 0. The lowest BCUT2D eigenvalue weighted by Gasteiger charge is -2.40. The second-order valence-electron chi connectivity index (χ2n) is 8.48. The molecule has 2 fully saturated rings. The van der Waals surface area contributed by atoms with E-state index in [1.807, 2.05) is 13.0 Å². The molecule has 1 saturated carbocycles. The molecule has 1 aromatic carbocycles. The van der Waals surface area contributed by atoms with Gasteiger partial charge in [0.2, 0.25) is 12.7 Å². The van der Waals surface area contributed by atoms with Crippen LogP contribution in [0.3, 0.4) is 0 Å². The molecule has 6 nitrogen and oxygen atoms in total. The standard InChI is InChI=1S/C21H30N2O4.ClH/c1-20(22)7-3-2-4-16(20)19(24)23-13-21(8-10-25-11-9-21)15-5-6-17-18(12-15)27-14-26-17;/h5-6,12,16H,2-4,7-11,13-14,22H2,1H3,(H,23,24);1H. The first-order valence-corrected chi connectivity index (χ1v) is 10.0. The molecule has 0 bridgehead atoms. The number of ether oxygens (including phenoxy) is 3. The first kappa shape index (κ1) is 21.2. The Morgan fingerprint density at radius 3 is 2.68 bits per heavy atom. The van der Waals surface area contributed by atoms with E-state index in [4.69, 9.17) is 19.9 Å². The van der Waals surface area contributed by atoms with E-state index in [0.717, 1.165) is 50.0 Å².